The predicted octanol–water partition coefficient (Wildman–Crippen LogP) is 4.42. The number of halogens is 4. The number of benzene rings is 1. The van der Waals surface area contributed by atoms with E-state index in [1.165, 1.54) is 0 Å². The maximum Gasteiger partial charge on any atom is 0.433 e. The number of rotatable bonds is 1. The first-order valence-corrected chi connectivity index (χ1v) is 5.14. The van der Waals surface area contributed by atoms with E-state index in [2.05, 4.69) is 4.98 Å². The lowest BCUT2D eigenvalue weighted by molar-refractivity contribution is -0.141. The molecule has 0 saturated carbocycles. The molecule has 1 heterocycles. The molecular formula is C12H7ClF3N. The van der Waals surface area contributed by atoms with Gasteiger partial charge in [-0.1, -0.05) is 41.9 Å². The molecule has 5 heteroatoms. The van der Waals surface area contributed by atoms with Crippen molar-refractivity contribution in [3.63, 3.8) is 0 Å². The van der Waals surface area contributed by atoms with Gasteiger partial charge in [0, 0.05) is 11.8 Å². The Balaban J connectivity index is 2.46. The van der Waals surface area contributed by atoms with Crippen LogP contribution in [0.2, 0.25) is 5.02 Å². The van der Waals surface area contributed by atoms with E-state index in [9.17, 15) is 13.2 Å². The molecule has 17 heavy (non-hydrogen) atoms. The molecule has 1 aromatic carbocycles. The zero-order valence-corrected chi connectivity index (χ0v) is 9.26. The van der Waals surface area contributed by atoms with E-state index in [0.717, 1.165) is 17.8 Å². The molecule has 0 N–H and O–H groups in total. The highest BCUT2D eigenvalue weighted by atomic mass is 35.5. The molecule has 0 aliphatic rings. The van der Waals surface area contributed by atoms with Crippen molar-refractivity contribution in [1.82, 2.24) is 4.98 Å². The summed E-state index contributed by atoms with van der Waals surface area (Å²) in [5, 5.41) is 0.0403. The van der Waals surface area contributed by atoms with Crippen molar-refractivity contribution in [2.75, 3.05) is 0 Å². The van der Waals surface area contributed by atoms with E-state index in [-0.39, 0.29) is 5.02 Å². The number of pyridine rings is 1. The second kappa shape index (κ2) is 4.37. The Bertz CT molecular complexity index is 523. The third kappa shape index (κ3) is 2.58. The van der Waals surface area contributed by atoms with Crippen LogP contribution in [0, 0.1) is 0 Å². The normalized spacial score (nSPS) is 11.5. The van der Waals surface area contributed by atoms with Crippen LogP contribution in [0.5, 0.6) is 0 Å². The molecule has 0 fully saturated rings. The standard InChI is InChI=1S/C12H7ClF3N/c13-10-6-11(12(14,15)16)17-7-9(10)8-4-2-1-3-5-8/h1-7H. The van der Waals surface area contributed by atoms with Crippen LogP contribution in [0.1, 0.15) is 5.69 Å². The number of hydrogen-bond donors (Lipinski definition) is 0. The summed E-state index contributed by atoms with van der Waals surface area (Å²) in [6, 6.07) is 9.73. The van der Waals surface area contributed by atoms with Gasteiger partial charge in [0.15, 0.2) is 0 Å². The Labute approximate surface area is 101 Å². The number of alkyl halides is 3. The van der Waals surface area contributed by atoms with Crippen LogP contribution < -0.4 is 0 Å². The molecule has 0 radical (unpaired) electrons. The lowest BCUT2D eigenvalue weighted by Crippen LogP contribution is -2.07. The van der Waals surface area contributed by atoms with Crippen molar-refractivity contribution >= 4 is 11.6 Å². The van der Waals surface area contributed by atoms with E-state index < -0.39 is 11.9 Å². The molecule has 1 nitrogen and oxygen atoms in total. The van der Waals surface area contributed by atoms with Gasteiger partial charge in [0.1, 0.15) is 5.69 Å². The van der Waals surface area contributed by atoms with Gasteiger partial charge in [0.25, 0.3) is 0 Å². The van der Waals surface area contributed by atoms with Crippen molar-refractivity contribution in [3.05, 3.63) is 53.3 Å². The van der Waals surface area contributed by atoms with Gasteiger partial charge in [-0.2, -0.15) is 13.2 Å². The molecule has 1 aromatic heterocycles. The lowest BCUT2D eigenvalue weighted by atomic mass is 10.1. The summed E-state index contributed by atoms with van der Waals surface area (Å²) in [5.74, 6) is 0. The third-order valence-corrected chi connectivity index (χ3v) is 2.54. The zero-order chi connectivity index (χ0) is 12.5. The molecule has 0 aliphatic heterocycles. The van der Waals surface area contributed by atoms with Crippen molar-refractivity contribution in [3.8, 4) is 11.1 Å². The van der Waals surface area contributed by atoms with E-state index in [0.29, 0.717) is 5.56 Å². The summed E-state index contributed by atoms with van der Waals surface area (Å²) in [4.78, 5) is 3.38. The lowest BCUT2D eigenvalue weighted by Gasteiger charge is -2.08. The van der Waals surface area contributed by atoms with Crippen molar-refractivity contribution < 1.29 is 13.2 Å². The van der Waals surface area contributed by atoms with Gasteiger partial charge >= 0.3 is 6.18 Å². The van der Waals surface area contributed by atoms with Gasteiger partial charge in [-0.15, -0.1) is 0 Å². The second-order valence-electron chi connectivity index (χ2n) is 3.41. The minimum absolute atomic E-state index is 0.0403. The minimum atomic E-state index is -4.47. The highest BCUT2D eigenvalue weighted by Gasteiger charge is 2.32. The summed E-state index contributed by atoms with van der Waals surface area (Å²) in [6.45, 7) is 0. The van der Waals surface area contributed by atoms with Crippen molar-refractivity contribution in [2.24, 2.45) is 0 Å². The largest absolute Gasteiger partial charge is 0.433 e. The first-order chi connectivity index (χ1) is 7.98. The van der Waals surface area contributed by atoms with Gasteiger partial charge in [-0.25, -0.2) is 0 Å². The summed E-state index contributed by atoms with van der Waals surface area (Å²) in [6.07, 6.45) is -3.33. The molecule has 0 saturated heterocycles. The fraction of sp³-hybridized carbons (Fsp3) is 0.0833. The molecule has 2 aromatic rings. The van der Waals surface area contributed by atoms with Crippen LogP contribution in [-0.4, -0.2) is 4.98 Å². The fourth-order valence-corrected chi connectivity index (χ4v) is 1.68. The second-order valence-corrected chi connectivity index (χ2v) is 3.82. The van der Waals surface area contributed by atoms with Gasteiger partial charge in [-0.05, 0) is 11.6 Å². The number of hydrogen-bond acceptors (Lipinski definition) is 1. The SMILES string of the molecule is FC(F)(F)c1cc(Cl)c(-c2ccccc2)cn1. The van der Waals surface area contributed by atoms with Gasteiger partial charge in [0.2, 0.25) is 0 Å². The first kappa shape index (κ1) is 11.9. The average molecular weight is 258 g/mol. The quantitative estimate of drug-likeness (QED) is 0.737. The average Bonchev–Trinajstić information content (AvgIpc) is 2.29. The Morgan fingerprint density at radius 1 is 1.06 bits per heavy atom. The van der Waals surface area contributed by atoms with E-state index in [1.54, 1.807) is 24.3 Å². The fourth-order valence-electron chi connectivity index (χ4n) is 1.42. The molecule has 0 unspecified atom stereocenters. The molecular weight excluding hydrogens is 251 g/mol. The highest BCUT2D eigenvalue weighted by molar-refractivity contribution is 6.33. The summed E-state index contributed by atoms with van der Waals surface area (Å²) in [7, 11) is 0. The monoisotopic (exact) mass is 257 g/mol. The van der Waals surface area contributed by atoms with E-state index in [1.807, 2.05) is 6.07 Å². The van der Waals surface area contributed by atoms with Crippen molar-refractivity contribution in [1.29, 1.82) is 0 Å². The maximum absolute atomic E-state index is 12.4. The molecule has 0 spiro atoms. The van der Waals surface area contributed by atoms with Crippen LogP contribution in [0.25, 0.3) is 11.1 Å². The predicted molar refractivity (Wildman–Crippen MR) is 59.7 cm³/mol. The smallest absolute Gasteiger partial charge is 0.251 e. The first-order valence-electron chi connectivity index (χ1n) is 4.76. The molecule has 0 amide bonds. The summed E-state index contributed by atoms with van der Waals surface area (Å²) in [5.41, 5.74) is 0.237. The summed E-state index contributed by atoms with van der Waals surface area (Å²) < 4.78 is 37.1. The van der Waals surface area contributed by atoms with E-state index in [4.69, 9.17) is 11.6 Å². The van der Waals surface area contributed by atoms with Crippen LogP contribution in [-0.2, 0) is 6.18 Å². The Hall–Kier alpha value is -1.55. The Morgan fingerprint density at radius 3 is 2.24 bits per heavy atom. The topological polar surface area (TPSA) is 12.9 Å². The molecule has 0 bridgehead atoms. The van der Waals surface area contributed by atoms with Gasteiger partial charge in [-0.3, -0.25) is 4.98 Å². The van der Waals surface area contributed by atoms with Gasteiger partial charge in [0.05, 0.1) is 5.02 Å². The third-order valence-electron chi connectivity index (χ3n) is 2.23. The van der Waals surface area contributed by atoms with Crippen molar-refractivity contribution in [2.45, 2.75) is 6.18 Å². The maximum atomic E-state index is 12.4. The Morgan fingerprint density at radius 2 is 1.71 bits per heavy atom. The molecule has 88 valence electrons. The highest BCUT2D eigenvalue weighted by Crippen LogP contribution is 2.33. The number of nitrogens with zero attached hydrogens (tertiary/aromatic N) is 1. The molecule has 2 rings (SSSR count). The van der Waals surface area contributed by atoms with Crippen LogP contribution >= 0.6 is 11.6 Å². The minimum Gasteiger partial charge on any atom is -0.251 e. The van der Waals surface area contributed by atoms with Crippen LogP contribution in [0.15, 0.2) is 42.6 Å². The zero-order valence-electron chi connectivity index (χ0n) is 8.50. The molecule has 0 atom stereocenters. The van der Waals surface area contributed by atoms with E-state index >= 15 is 0 Å². The van der Waals surface area contributed by atoms with Crippen LogP contribution in [0.4, 0.5) is 13.2 Å². The van der Waals surface area contributed by atoms with Crippen LogP contribution in [0.3, 0.4) is 0 Å². The summed E-state index contributed by atoms with van der Waals surface area (Å²) >= 11 is 5.83. The molecule has 0 aliphatic carbocycles. The Kier molecular flexibility index (Phi) is 3.07. The van der Waals surface area contributed by atoms with Gasteiger partial charge < -0.3 is 0 Å². The number of aromatic nitrogens is 1.